The van der Waals surface area contributed by atoms with Gasteiger partial charge in [-0.05, 0) is 24.8 Å². The van der Waals surface area contributed by atoms with Crippen LogP contribution in [0.15, 0.2) is 35.1 Å². The summed E-state index contributed by atoms with van der Waals surface area (Å²) in [6, 6.07) is 10.2. The first-order valence-corrected chi connectivity index (χ1v) is 6.03. The summed E-state index contributed by atoms with van der Waals surface area (Å²) in [7, 11) is 0. The Labute approximate surface area is 99.3 Å². The van der Waals surface area contributed by atoms with Crippen molar-refractivity contribution in [3.63, 3.8) is 0 Å². The summed E-state index contributed by atoms with van der Waals surface area (Å²) < 4.78 is 1.78. The van der Waals surface area contributed by atoms with E-state index in [9.17, 15) is 4.79 Å². The van der Waals surface area contributed by atoms with Gasteiger partial charge in [-0.2, -0.15) is 5.10 Å². The second kappa shape index (κ2) is 4.20. The standard InChI is InChI=1S/C13H15N3O/c17-13-15-14-12(11-6-7-11)16(13)9-8-10-4-2-1-3-5-10/h1-5,11H,6-9H2,(H,15,17). The average Bonchev–Trinajstić information content (AvgIpc) is 3.13. The van der Waals surface area contributed by atoms with Crippen LogP contribution in [0.2, 0.25) is 0 Å². The molecule has 0 bridgehead atoms. The van der Waals surface area contributed by atoms with E-state index in [-0.39, 0.29) is 5.69 Å². The average molecular weight is 229 g/mol. The van der Waals surface area contributed by atoms with E-state index >= 15 is 0 Å². The van der Waals surface area contributed by atoms with Crippen molar-refractivity contribution in [1.82, 2.24) is 14.8 Å². The highest BCUT2D eigenvalue weighted by Crippen LogP contribution is 2.38. The van der Waals surface area contributed by atoms with Crippen molar-refractivity contribution in [1.29, 1.82) is 0 Å². The molecule has 1 heterocycles. The van der Waals surface area contributed by atoms with Crippen LogP contribution in [0.3, 0.4) is 0 Å². The zero-order valence-electron chi connectivity index (χ0n) is 9.60. The van der Waals surface area contributed by atoms with Gasteiger partial charge in [0.1, 0.15) is 5.82 Å². The highest BCUT2D eigenvalue weighted by atomic mass is 16.1. The number of aryl methyl sites for hydroxylation is 1. The minimum absolute atomic E-state index is 0.0807. The third-order valence-electron chi connectivity index (χ3n) is 3.20. The predicted octanol–water partition coefficient (Wildman–Crippen LogP) is 1.69. The maximum Gasteiger partial charge on any atom is 0.343 e. The maximum absolute atomic E-state index is 11.6. The molecule has 0 spiro atoms. The highest BCUT2D eigenvalue weighted by Gasteiger charge is 2.29. The third-order valence-corrected chi connectivity index (χ3v) is 3.20. The highest BCUT2D eigenvalue weighted by molar-refractivity contribution is 5.15. The lowest BCUT2D eigenvalue weighted by molar-refractivity contribution is 0.634. The molecule has 1 aromatic carbocycles. The zero-order chi connectivity index (χ0) is 11.7. The van der Waals surface area contributed by atoms with E-state index in [0.29, 0.717) is 12.5 Å². The van der Waals surface area contributed by atoms with Crippen LogP contribution in [0.5, 0.6) is 0 Å². The molecule has 4 heteroatoms. The molecule has 0 atom stereocenters. The van der Waals surface area contributed by atoms with Crippen LogP contribution in [0.1, 0.15) is 30.1 Å². The molecule has 1 N–H and O–H groups in total. The molecule has 0 saturated heterocycles. The Kier molecular flexibility index (Phi) is 2.55. The van der Waals surface area contributed by atoms with Gasteiger partial charge in [-0.25, -0.2) is 9.89 Å². The summed E-state index contributed by atoms with van der Waals surface area (Å²) in [6.07, 6.45) is 3.20. The fraction of sp³-hybridized carbons (Fsp3) is 0.385. The van der Waals surface area contributed by atoms with Gasteiger partial charge >= 0.3 is 5.69 Å². The molecular weight excluding hydrogens is 214 g/mol. The van der Waals surface area contributed by atoms with E-state index in [4.69, 9.17) is 0 Å². The van der Waals surface area contributed by atoms with Crippen LogP contribution in [-0.4, -0.2) is 14.8 Å². The predicted molar refractivity (Wildman–Crippen MR) is 65.0 cm³/mol. The van der Waals surface area contributed by atoms with Crippen molar-refractivity contribution in [2.45, 2.75) is 31.7 Å². The molecule has 0 unspecified atom stereocenters. The summed E-state index contributed by atoms with van der Waals surface area (Å²) >= 11 is 0. The van der Waals surface area contributed by atoms with E-state index in [1.54, 1.807) is 4.57 Å². The van der Waals surface area contributed by atoms with Gasteiger partial charge in [0, 0.05) is 12.5 Å². The van der Waals surface area contributed by atoms with Crippen molar-refractivity contribution in [3.8, 4) is 0 Å². The SMILES string of the molecule is O=c1[nH]nc(C2CC2)n1CCc1ccccc1. The molecule has 0 aliphatic heterocycles. The lowest BCUT2D eigenvalue weighted by Crippen LogP contribution is -2.19. The molecule has 0 radical (unpaired) electrons. The van der Waals surface area contributed by atoms with Crippen LogP contribution in [-0.2, 0) is 13.0 Å². The Morgan fingerprint density at radius 1 is 1.29 bits per heavy atom. The van der Waals surface area contributed by atoms with Gasteiger partial charge in [-0.3, -0.25) is 4.57 Å². The molecule has 1 aliphatic carbocycles. The quantitative estimate of drug-likeness (QED) is 0.867. The number of aromatic nitrogens is 3. The molecule has 1 fully saturated rings. The first kappa shape index (κ1) is 10.3. The van der Waals surface area contributed by atoms with E-state index in [0.717, 1.165) is 25.1 Å². The number of nitrogens with one attached hydrogen (secondary N) is 1. The number of hydrogen-bond acceptors (Lipinski definition) is 2. The number of H-pyrrole nitrogens is 1. The molecule has 0 amide bonds. The van der Waals surface area contributed by atoms with Gasteiger partial charge in [0.25, 0.3) is 0 Å². The van der Waals surface area contributed by atoms with Crippen molar-refractivity contribution in [2.75, 3.05) is 0 Å². The Hall–Kier alpha value is -1.84. The number of hydrogen-bond donors (Lipinski definition) is 1. The fourth-order valence-electron chi connectivity index (χ4n) is 2.08. The summed E-state index contributed by atoms with van der Waals surface area (Å²) in [5.74, 6) is 1.44. The Morgan fingerprint density at radius 2 is 2.06 bits per heavy atom. The molecule has 1 saturated carbocycles. The van der Waals surface area contributed by atoms with Gasteiger partial charge < -0.3 is 0 Å². The normalized spacial score (nSPS) is 15.1. The largest absolute Gasteiger partial charge is 0.343 e. The number of rotatable bonds is 4. The Bertz CT molecular complexity index is 552. The van der Waals surface area contributed by atoms with E-state index in [2.05, 4.69) is 22.3 Å². The summed E-state index contributed by atoms with van der Waals surface area (Å²) in [6.45, 7) is 0.713. The molecule has 4 nitrogen and oxygen atoms in total. The number of aromatic amines is 1. The number of benzene rings is 1. The van der Waals surface area contributed by atoms with Crippen molar-refractivity contribution >= 4 is 0 Å². The van der Waals surface area contributed by atoms with Crippen LogP contribution in [0.25, 0.3) is 0 Å². The van der Waals surface area contributed by atoms with Crippen LogP contribution in [0.4, 0.5) is 0 Å². The van der Waals surface area contributed by atoms with Crippen molar-refractivity contribution in [3.05, 3.63) is 52.2 Å². The van der Waals surface area contributed by atoms with E-state index in [1.165, 1.54) is 5.56 Å². The lowest BCUT2D eigenvalue weighted by atomic mass is 10.1. The summed E-state index contributed by atoms with van der Waals surface area (Å²) in [4.78, 5) is 11.6. The topological polar surface area (TPSA) is 50.7 Å². The van der Waals surface area contributed by atoms with E-state index < -0.39 is 0 Å². The molecular formula is C13H15N3O. The third kappa shape index (κ3) is 2.16. The van der Waals surface area contributed by atoms with Gasteiger partial charge in [0.15, 0.2) is 0 Å². The molecule has 1 aromatic heterocycles. The van der Waals surface area contributed by atoms with Crippen molar-refractivity contribution in [2.24, 2.45) is 0 Å². The van der Waals surface area contributed by atoms with Gasteiger partial charge in [-0.1, -0.05) is 30.3 Å². The summed E-state index contributed by atoms with van der Waals surface area (Å²) in [5.41, 5.74) is 1.17. The van der Waals surface area contributed by atoms with Crippen LogP contribution in [0, 0.1) is 0 Å². The number of nitrogens with zero attached hydrogens (tertiary/aromatic N) is 2. The Morgan fingerprint density at radius 3 is 2.76 bits per heavy atom. The molecule has 2 aromatic rings. The monoisotopic (exact) mass is 229 g/mol. The minimum Gasteiger partial charge on any atom is -0.279 e. The van der Waals surface area contributed by atoms with E-state index in [1.807, 2.05) is 18.2 Å². The first-order chi connectivity index (χ1) is 8.34. The molecule has 88 valence electrons. The summed E-state index contributed by atoms with van der Waals surface area (Å²) in [5, 5.41) is 6.67. The van der Waals surface area contributed by atoms with Crippen LogP contribution >= 0.6 is 0 Å². The molecule has 1 aliphatic rings. The maximum atomic E-state index is 11.6. The smallest absolute Gasteiger partial charge is 0.279 e. The molecule has 3 rings (SSSR count). The van der Waals surface area contributed by atoms with Crippen molar-refractivity contribution < 1.29 is 0 Å². The van der Waals surface area contributed by atoms with Gasteiger partial charge in [0.05, 0.1) is 0 Å². The fourth-order valence-corrected chi connectivity index (χ4v) is 2.08. The van der Waals surface area contributed by atoms with Gasteiger partial charge in [-0.15, -0.1) is 0 Å². The second-order valence-electron chi connectivity index (χ2n) is 4.55. The Balaban J connectivity index is 1.77. The van der Waals surface area contributed by atoms with Crippen LogP contribution < -0.4 is 5.69 Å². The molecule has 17 heavy (non-hydrogen) atoms. The second-order valence-corrected chi connectivity index (χ2v) is 4.55. The first-order valence-electron chi connectivity index (χ1n) is 6.03. The lowest BCUT2D eigenvalue weighted by Gasteiger charge is -2.04. The van der Waals surface area contributed by atoms with Gasteiger partial charge in [0.2, 0.25) is 0 Å². The minimum atomic E-state index is -0.0807. The zero-order valence-corrected chi connectivity index (χ0v) is 9.60.